The maximum absolute atomic E-state index is 11.3. The SMILES string of the molecule is CC(c1ccc2scnc2c1)N1CCN(c2ncc(S(N)(=O)=O)cn2)CC1. The minimum Gasteiger partial charge on any atom is -0.338 e. The van der Waals surface area contributed by atoms with Gasteiger partial charge < -0.3 is 4.90 Å². The average molecular weight is 405 g/mol. The molecule has 0 radical (unpaired) electrons. The maximum atomic E-state index is 11.3. The Morgan fingerprint density at radius 2 is 1.81 bits per heavy atom. The topological polar surface area (TPSA) is 105 Å². The van der Waals surface area contributed by atoms with Gasteiger partial charge in [-0.25, -0.2) is 28.5 Å². The lowest BCUT2D eigenvalue weighted by molar-refractivity contribution is 0.198. The quantitative estimate of drug-likeness (QED) is 0.704. The number of benzene rings is 1. The van der Waals surface area contributed by atoms with Gasteiger partial charge in [0.15, 0.2) is 0 Å². The van der Waals surface area contributed by atoms with E-state index in [9.17, 15) is 8.42 Å². The second-order valence-corrected chi connectivity index (χ2v) is 8.99. The van der Waals surface area contributed by atoms with E-state index in [0.717, 1.165) is 31.7 Å². The fraction of sp³-hybridized carbons (Fsp3) is 0.353. The zero-order valence-electron chi connectivity index (χ0n) is 14.8. The molecule has 3 heterocycles. The van der Waals surface area contributed by atoms with Crippen LogP contribution in [0.3, 0.4) is 0 Å². The molecule has 0 bridgehead atoms. The van der Waals surface area contributed by atoms with Gasteiger partial charge in [-0.15, -0.1) is 11.3 Å². The van der Waals surface area contributed by atoms with E-state index in [0.29, 0.717) is 12.0 Å². The summed E-state index contributed by atoms with van der Waals surface area (Å²) < 4.78 is 23.8. The van der Waals surface area contributed by atoms with Crippen LogP contribution in [-0.4, -0.2) is 54.4 Å². The Kier molecular flexibility index (Phi) is 4.81. The number of sulfonamides is 1. The van der Waals surface area contributed by atoms with E-state index >= 15 is 0 Å². The standard InChI is InChI=1S/C17H20N6O2S2/c1-12(13-2-3-16-15(8-13)21-11-26-16)22-4-6-23(7-5-22)17-19-9-14(10-20-17)27(18,24)25/h2-3,8-12H,4-7H2,1H3,(H2,18,24,25). The monoisotopic (exact) mass is 404 g/mol. The fourth-order valence-electron chi connectivity index (χ4n) is 3.27. The highest BCUT2D eigenvalue weighted by Crippen LogP contribution is 2.27. The minimum absolute atomic E-state index is 0.0732. The van der Waals surface area contributed by atoms with E-state index in [2.05, 4.69) is 49.9 Å². The fourth-order valence-corrected chi connectivity index (χ4v) is 4.33. The Balaban J connectivity index is 1.42. The van der Waals surface area contributed by atoms with Crippen LogP contribution >= 0.6 is 11.3 Å². The highest BCUT2D eigenvalue weighted by molar-refractivity contribution is 7.89. The van der Waals surface area contributed by atoms with Crippen molar-refractivity contribution in [3.63, 3.8) is 0 Å². The summed E-state index contributed by atoms with van der Waals surface area (Å²) >= 11 is 1.65. The number of thiazole rings is 1. The number of hydrogen-bond donors (Lipinski definition) is 1. The Morgan fingerprint density at radius 3 is 2.48 bits per heavy atom. The van der Waals surface area contributed by atoms with Gasteiger partial charge in [0, 0.05) is 32.2 Å². The highest BCUT2D eigenvalue weighted by atomic mass is 32.2. The molecule has 3 aromatic rings. The number of anilines is 1. The first kappa shape index (κ1) is 18.2. The molecule has 0 amide bonds. The van der Waals surface area contributed by atoms with Crippen molar-refractivity contribution in [3.8, 4) is 0 Å². The molecule has 2 aromatic heterocycles. The van der Waals surface area contributed by atoms with E-state index in [1.54, 1.807) is 11.3 Å². The number of nitrogens with two attached hydrogens (primary N) is 1. The molecule has 1 saturated heterocycles. The van der Waals surface area contributed by atoms with Crippen LogP contribution in [0.15, 0.2) is 41.0 Å². The van der Waals surface area contributed by atoms with Crippen LogP contribution in [0.4, 0.5) is 5.95 Å². The van der Waals surface area contributed by atoms with Gasteiger partial charge in [0.1, 0.15) is 4.90 Å². The van der Waals surface area contributed by atoms with E-state index in [-0.39, 0.29) is 4.90 Å². The molecule has 0 aliphatic carbocycles. The van der Waals surface area contributed by atoms with Crippen LogP contribution < -0.4 is 10.0 Å². The lowest BCUT2D eigenvalue weighted by Crippen LogP contribution is -2.47. The average Bonchev–Trinajstić information content (AvgIpc) is 3.15. The Morgan fingerprint density at radius 1 is 1.11 bits per heavy atom. The summed E-state index contributed by atoms with van der Waals surface area (Å²) in [5.41, 5.74) is 4.18. The molecule has 2 N–H and O–H groups in total. The first-order valence-corrected chi connectivity index (χ1v) is 11.0. The van der Waals surface area contributed by atoms with Crippen LogP contribution in [0.25, 0.3) is 10.2 Å². The van der Waals surface area contributed by atoms with Crippen LogP contribution in [0.5, 0.6) is 0 Å². The van der Waals surface area contributed by atoms with E-state index < -0.39 is 10.0 Å². The Hall–Kier alpha value is -2.14. The van der Waals surface area contributed by atoms with Crippen LogP contribution in [0, 0.1) is 0 Å². The zero-order chi connectivity index (χ0) is 19.0. The van der Waals surface area contributed by atoms with Crippen molar-refractivity contribution in [1.29, 1.82) is 0 Å². The molecule has 8 nitrogen and oxygen atoms in total. The Bertz CT molecular complexity index is 1040. The second kappa shape index (κ2) is 7.12. The smallest absolute Gasteiger partial charge is 0.241 e. The molecular weight excluding hydrogens is 384 g/mol. The predicted molar refractivity (Wildman–Crippen MR) is 105 cm³/mol. The first-order valence-electron chi connectivity index (χ1n) is 8.59. The molecule has 1 aliphatic heterocycles. The van der Waals surface area contributed by atoms with Crippen LogP contribution in [-0.2, 0) is 10.0 Å². The van der Waals surface area contributed by atoms with Crippen molar-refractivity contribution in [2.24, 2.45) is 5.14 Å². The summed E-state index contributed by atoms with van der Waals surface area (Å²) in [5, 5.41) is 5.09. The van der Waals surface area contributed by atoms with Crippen molar-refractivity contribution in [2.45, 2.75) is 17.9 Å². The molecule has 1 atom stereocenters. The van der Waals surface area contributed by atoms with E-state index in [4.69, 9.17) is 5.14 Å². The third-order valence-electron chi connectivity index (χ3n) is 4.92. The summed E-state index contributed by atoms with van der Waals surface area (Å²) in [6.45, 7) is 5.50. The van der Waals surface area contributed by atoms with Gasteiger partial charge in [0.25, 0.3) is 0 Å². The van der Waals surface area contributed by atoms with Crippen LogP contribution in [0.2, 0.25) is 0 Å². The minimum atomic E-state index is -3.77. The van der Waals surface area contributed by atoms with E-state index in [1.807, 2.05) is 5.51 Å². The summed E-state index contributed by atoms with van der Waals surface area (Å²) in [7, 11) is -3.77. The van der Waals surface area contributed by atoms with Crippen molar-refractivity contribution < 1.29 is 8.42 Å². The number of piperazine rings is 1. The van der Waals surface area contributed by atoms with Gasteiger partial charge >= 0.3 is 0 Å². The number of hydrogen-bond acceptors (Lipinski definition) is 8. The molecule has 27 heavy (non-hydrogen) atoms. The number of primary sulfonamides is 1. The summed E-state index contributed by atoms with van der Waals surface area (Å²) in [6, 6.07) is 6.77. The number of aromatic nitrogens is 3. The predicted octanol–water partition coefficient (Wildman–Crippen LogP) is 1.62. The zero-order valence-corrected chi connectivity index (χ0v) is 16.4. The number of nitrogens with zero attached hydrogens (tertiary/aromatic N) is 5. The molecule has 1 fully saturated rings. The molecule has 1 aromatic carbocycles. The maximum Gasteiger partial charge on any atom is 0.241 e. The molecular formula is C17H20N6O2S2. The van der Waals surface area contributed by atoms with Crippen molar-refractivity contribution in [3.05, 3.63) is 41.7 Å². The normalized spacial score (nSPS) is 17.3. The summed E-state index contributed by atoms with van der Waals surface area (Å²) in [6.07, 6.45) is 2.52. The molecule has 0 saturated carbocycles. The molecule has 1 unspecified atom stereocenters. The van der Waals surface area contributed by atoms with Gasteiger partial charge in [-0.1, -0.05) is 6.07 Å². The van der Waals surface area contributed by atoms with Crippen LogP contribution in [0.1, 0.15) is 18.5 Å². The van der Waals surface area contributed by atoms with Gasteiger partial charge in [-0.3, -0.25) is 4.90 Å². The largest absolute Gasteiger partial charge is 0.338 e. The summed E-state index contributed by atoms with van der Waals surface area (Å²) in [4.78, 5) is 17.1. The molecule has 1 aliphatic rings. The molecule has 4 rings (SSSR count). The summed E-state index contributed by atoms with van der Waals surface area (Å²) in [5.74, 6) is 0.526. The number of rotatable bonds is 4. The third kappa shape index (κ3) is 3.79. The lowest BCUT2D eigenvalue weighted by atomic mass is 10.1. The first-order chi connectivity index (χ1) is 12.9. The highest BCUT2D eigenvalue weighted by Gasteiger charge is 2.24. The number of fused-ring (bicyclic) bond motifs is 1. The van der Waals surface area contributed by atoms with Gasteiger partial charge in [0.2, 0.25) is 16.0 Å². The second-order valence-electron chi connectivity index (χ2n) is 6.54. The van der Waals surface area contributed by atoms with E-state index in [1.165, 1.54) is 22.7 Å². The molecule has 10 heteroatoms. The third-order valence-corrected chi connectivity index (χ3v) is 6.60. The van der Waals surface area contributed by atoms with Gasteiger partial charge in [-0.2, -0.15) is 0 Å². The van der Waals surface area contributed by atoms with Crippen molar-refractivity contribution >= 4 is 37.5 Å². The molecule has 0 spiro atoms. The molecule has 142 valence electrons. The van der Waals surface area contributed by atoms with Gasteiger partial charge in [0.05, 0.1) is 28.1 Å². The van der Waals surface area contributed by atoms with Crippen molar-refractivity contribution in [1.82, 2.24) is 19.9 Å². The lowest BCUT2D eigenvalue weighted by Gasteiger charge is -2.38. The van der Waals surface area contributed by atoms with Gasteiger partial charge in [-0.05, 0) is 24.6 Å². The Labute approximate surface area is 161 Å². The van der Waals surface area contributed by atoms with Crippen molar-refractivity contribution in [2.75, 3.05) is 31.1 Å².